The summed E-state index contributed by atoms with van der Waals surface area (Å²) >= 11 is 6.02. The predicted octanol–water partition coefficient (Wildman–Crippen LogP) is 4.34. The highest BCUT2D eigenvalue weighted by molar-refractivity contribution is 6.30. The molecule has 2 saturated heterocycles. The Bertz CT molecular complexity index is 726. The molecule has 2 heterocycles. The van der Waals surface area contributed by atoms with Crippen LogP contribution in [-0.2, 0) is 4.79 Å². The van der Waals surface area contributed by atoms with Crippen molar-refractivity contribution in [2.45, 2.75) is 31.3 Å². The molecule has 0 amide bonds. The van der Waals surface area contributed by atoms with Crippen molar-refractivity contribution in [2.75, 3.05) is 4.90 Å². The molecule has 3 nitrogen and oxygen atoms in total. The van der Waals surface area contributed by atoms with Crippen LogP contribution in [0.2, 0.25) is 5.02 Å². The highest BCUT2D eigenvalue weighted by atomic mass is 35.5. The molecule has 3 fully saturated rings. The van der Waals surface area contributed by atoms with Crippen LogP contribution in [0.15, 0.2) is 48.5 Å². The summed E-state index contributed by atoms with van der Waals surface area (Å²) in [6.07, 6.45) is 2.62. The van der Waals surface area contributed by atoms with E-state index >= 15 is 0 Å². The minimum absolute atomic E-state index is 0.0280. The lowest BCUT2D eigenvalue weighted by Gasteiger charge is -2.52. The Morgan fingerprint density at radius 2 is 1.70 bits per heavy atom. The van der Waals surface area contributed by atoms with Crippen LogP contribution in [0.4, 0.5) is 5.69 Å². The third-order valence-corrected chi connectivity index (χ3v) is 5.35. The van der Waals surface area contributed by atoms with Gasteiger partial charge in [0, 0.05) is 29.1 Å². The van der Waals surface area contributed by atoms with Crippen molar-refractivity contribution < 1.29 is 9.90 Å². The Balaban J connectivity index is 1.79. The fourth-order valence-electron chi connectivity index (χ4n) is 4.06. The molecule has 23 heavy (non-hydrogen) atoms. The van der Waals surface area contributed by atoms with Crippen LogP contribution in [0.1, 0.15) is 30.9 Å². The topological polar surface area (TPSA) is 40.5 Å². The first kappa shape index (κ1) is 14.6. The quantitative estimate of drug-likeness (QED) is 0.891. The van der Waals surface area contributed by atoms with Crippen LogP contribution in [0.3, 0.4) is 0 Å². The molecule has 2 aliphatic heterocycles. The van der Waals surface area contributed by atoms with E-state index in [2.05, 4.69) is 4.90 Å². The summed E-state index contributed by atoms with van der Waals surface area (Å²) in [7, 11) is 0. The molecule has 4 heteroatoms. The summed E-state index contributed by atoms with van der Waals surface area (Å²) in [6.45, 7) is 0. The maximum absolute atomic E-state index is 12.4. The van der Waals surface area contributed by atoms with Crippen molar-refractivity contribution in [3.63, 3.8) is 0 Å². The molecular weight excluding hydrogens is 310 g/mol. The number of nitrogens with zero attached hydrogens (tertiary/aromatic N) is 1. The van der Waals surface area contributed by atoms with E-state index in [9.17, 15) is 9.90 Å². The van der Waals surface area contributed by atoms with E-state index in [1.165, 1.54) is 0 Å². The molecule has 3 aliphatic rings. The summed E-state index contributed by atoms with van der Waals surface area (Å²) in [4.78, 5) is 14.8. The van der Waals surface area contributed by atoms with Crippen molar-refractivity contribution in [3.05, 3.63) is 59.1 Å². The number of carbonyl (C=O) groups is 1. The molecule has 1 N–H and O–H groups in total. The van der Waals surface area contributed by atoms with Gasteiger partial charge in [-0.1, -0.05) is 23.7 Å². The number of Topliss-reactive ketones (excluding diaryl/α,β-unsaturated/α-hetero) is 1. The number of anilines is 1. The molecule has 1 aliphatic carbocycles. The third-order valence-electron chi connectivity index (χ3n) is 5.09. The van der Waals surface area contributed by atoms with E-state index < -0.39 is 0 Å². The average molecular weight is 328 g/mol. The number of carbonyl (C=O) groups excluding carboxylic acids is 1. The number of piperidine rings is 2. The Hall–Kier alpha value is -2.00. The molecule has 118 valence electrons. The number of phenols is 1. The molecule has 2 bridgehead atoms. The van der Waals surface area contributed by atoms with Crippen LogP contribution in [0.5, 0.6) is 5.75 Å². The SMILES string of the molecule is O=C1CC2CCC1C(c1ccc(O)cc1)N2c1ccc(Cl)cc1. The highest BCUT2D eigenvalue weighted by Gasteiger charge is 2.47. The second-order valence-corrected chi connectivity index (χ2v) is 6.86. The van der Waals surface area contributed by atoms with E-state index in [0.29, 0.717) is 17.2 Å². The highest BCUT2D eigenvalue weighted by Crippen LogP contribution is 2.48. The van der Waals surface area contributed by atoms with Gasteiger partial charge in [-0.05, 0) is 54.8 Å². The van der Waals surface area contributed by atoms with Gasteiger partial charge in [-0.25, -0.2) is 0 Å². The van der Waals surface area contributed by atoms with Gasteiger partial charge in [0.1, 0.15) is 11.5 Å². The minimum Gasteiger partial charge on any atom is -0.508 e. The Morgan fingerprint density at radius 3 is 2.35 bits per heavy atom. The Labute approximate surface area is 140 Å². The molecule has 1 saturated carbocycles. The summed E-state index contributed by atoms with van der Waals surface area (Å²) < 4.78 is 0. The van der Waals surface area contributed by atoms with Gasteiger partial charge in [-0.2, -0.15) is 0 Å². The van der Waals surface area contributed by atoms with Crippen LogP contribution < -0.4 is 4.90 Å². The maximum atomic E-state index is 12.4. The number of ketones is 1. The van der Waals surface area contributed by atoms with E-state index in [1.807, 2.05) is 36.4 Å². The van der Waals surface area contributed by atoms with Crippen molar-refractivity contribution in [2.24, 2.45) is 5.92 Å². The van der Waals surface area contributed by atoms with E-state index in [1.54, 1.807) is 12.1 Å². The first-order valence-electron chi connectivity index (χ1n) is 7.99. The van der Waals surface area contributed by atoms with Gasteiger partial charge < -0.3 is 10.0 Å². The first-order chi connectivity index (χ1) is 11.1. The zero-order valence-corrected chi connectivity index (χ0v) is 13.4. The lowest BCUT2D eigenvalue weighted by Crippen LogP contribution is -2.54. The number of benzene rings is 2. The molecule has 3 atom stereocenters. The van der Waals surface area contributed by atoms with Gasteiger partial charge in [-0.15, -0.1) is 0 Å². The fourth-order valence-corrected chi connectivity index (χ4v) is 4.19. The van der Waals surface area contributed by atoms with Crippen LogP contribution in [-0.4, -0.2) is 16.9 Å². The largest absolute Gasteiger partial charge is 0.508 e. The molecule has 0 spiro atoms. The normalized spacial score (nSPS) is 26.6. The van der Waals surface area contributed by atoms with E-state index in [4.69, 9.17) is 11.6 Å². The summed E-state index contributed by atoms with van der Waals surface area (Å²) in [5.74, 6) is 0.642. The van der Waals surface area contributed by atoms with E-state index in [-0.39, 0.29) is 23.8 Å². The monoisotopic (exact) mass is 327 g/mol. The number of hydrogen-bond donors (Lipinski definition) is 1. The van der Waals surface area contributed by atoms with Crippen LogP contribution in [0, 0.1) is 5.92 Å². The Morgan fingerprint density at radius 1 is 1.00 bits per heavy atom. The molecular formula is C19H18ClNO2. The van der Waals surface area contributed by atoms with Crippen molar-refractivity contribution in [1.82, 2.24) is 0 Å². The Kier molecular flexibility index (Phi) is 3.53. The van der Waals surface area contributed by atoms with Gasteiger partial charge in [-0.3, -0.25) is 4.79 Å². The predicted molar refractivity (Wildman–Crippen MR) is 90.9 cm³/mol. The van der Waals surface area contributed by atoms with Gasteiger partial charge in [0.25, 0.3) is 0 Å². The summed E-state index contributed by atoms with van der Waals surface area (Å²) in [5.41, 5.74) is 2.19. The van der Waals surface area contributed by atoms with Gasteiger partial charge >= 0.3 is 0 Å². The number of fused-ring (bicyclic) bond motifs is 3. The number of hydrogen-bond acceptors (Lipinski definition) is 3. The van der Waals surface area contributed by atoms with Crippen LogP contribution >= 0.6 is 11.6 Å². The average Bonchev–Trinajstić information content (AvgIpc) is 2.56. The minimum atomic E-state index is 0.0280. The maximum Gasteiger partial charge on any atom is 0.140 e. The van der Waals surface area contributed by atoms with Crippen molar-refractivity contribution in [1.29, 1.82) is 0 Å². The van der Waals surface area contributed by atoms with Crippen molar-refractivity contribution >= 4 is 23.1 Å². The number of aromatic hydroxyl groups is 1. The smallest absolute Gasteiger partial charge is 0.140 e. The molecule has 2 aromatic rings. The second kappa shape index (κ2) is 5.57. The van der Waals surface area contributed by atoms with Gasteiger partial charge in [0.15, 0.2) is 0 Å². The zero-order valence-electron chi connectivity index (χ0n) is 12.7. The molecule has 3 unspecified atom stereocenters. The fraction of sp³-hybridized carbons (Fsp3) is 0.316. The summed E-state index contributed by atoms with van der Waals surface area (Å²) in [5, 5.41) is 10.3. The first-order valence-corrected chi connectivity index (χ1v) is 8.37. The lowest BCUT2D eigenvalue weighted by atomic mass is 9.71. The molecule has 0 radical (unpaired) electrons. The molecule has 5 rings (SSSR count). The van der Waals surface area contributed by atoms with Crippen molar-refractivity contribution in [3.8, 4) is 5.75 Å². The molecule has 2 aromatic carbocycles. The zero-order chi connectivity index (χ0) is 16.0. The lowest BCUT2D eigenvalue weighted by molar-refractivity contribution is -0.128. The number of phenolic OH excluding ortho intramolecular Hbond substituents is 1. The van der Waals surface area contributed by atoms with E-state index in [0.717, 1.165) is 24.1 Å². The second-order valence-electron chi connectivity index (χ2n) is 6.43. The van der Waals surface area contributed by atoms with Crippen LogP contribution in [0.25, 0.3) is 0 Å². The third kappa shape index (κ3) is 2.49. The number of halogens is 1. The van der Waals surface area contributed by atoms with Gasteiger partial charge in [0.05, 0.1) is 6.04 Å². The standard InChI is InChI=1S/C19H18ClNO2/c20-13-3-5-14(6-4-13)21-15-7-10-17(18(23)11-15)19(21)12-1-8-16(22)9-2-12/h1-6,8-9,15,17,19,22H,7,10-11H2. The van der Waals surface area contributed by atoms with Gasteiger partial charge in [0.2, 0.25) is 0 Å². The number of rotatable bonds is 2. The summed E-state index contributed by atoms with van der Waals surface area (Å²) in [6, 6.07) is 15.4. The molecule has 0 aromatic heterocycles.